The highest BCUT2D eigenvalue weighted by Gasteiger charge is 2.13. The van der Waals surface area contributed by atoms with Crippen molar-refractivity contribution in [3.8, 4) is 5.75 Å². The fraction of sp³-hybridized carbons (Fsp3) is 0.250. The molecule has 2 aromatic rings. The first kappa shape index (κ1) is 16.8. The number of halogens is 1. The molecular weight excluding hydrogens is 322 g/mol. The monoisotopic (exact) mass is 339 g/mol. The normalized spacial score (nSPS) is 11.4. The summed E-state index contributed by atoms with van der Waals surface area (Å²) in [5.74, 6) is 0.665. The molecule has 4 nitrogen and oxygen atoms in total. The van der Waals surface area contributed by atoms with Gasteiger partial charge >= 0.3 is 0 Å². The van der Waals surface area contributed by atoms with Crippen LogP contribution < -0.4 is 9.46 Å². The lowest BCUT2D eigenvalue weighted by molar-refractivity contribution is 0.414. The van der Waals surface area contributed by atoms with Gasteiger partial charge in [-0.3, -0.25) is 0 Å². The average molecular weight is 340 g/mol. The molecule has 0 unspecified atom stereocenters. The topological polar surface area (TPSA) is 55.4 Å². The van der Waals surface area contributed by atoms with Crippen molar-refractivity contribution in [2.24, 2.45) is 0 Å². The summed E-state index contributed by atoms with van der Waals surface area (Å²) in [4.78, 5) is 0. The van der Waals surface area contributed by atoms with Crippen molar-refractivity contribution in [2.75, 3.05) is 13.7 Å². The molecule has 0 radical (unpaired) electrons. The highest BCUT2D eigenvalue weighted by Crippen LogP contribution is 2.17. The molecule has 2 aromatic carbocycles. The highest BCUT2D eigenvalue weighted by atomic mass is 35.5. The fourth-order valence-electron chi connectivity index (χ4n) is 2.01. The Morgan fingerprint density at radius 1 is 1.09 bits per heavy atom. The molecule has 6 heteroatoms. The van der Waals surface area contributed by atoms with Gasteiger partial charge in [-0.1, -0.05) is 41.9 Å². The van der Waals surface area contributed by atoms with E-state index in [0.29, 0.717) is 23.6 Å². The quantitative estimate of drug-likeness (QED) is 0.843. The first-order valence-corrected chi connectivity index (χ1v) is 8.87. The van der Waals surface area contributed by atoms with Gasteiger partial charge in [0.1, 0.15) is 5.75 Å². The minimum absolute atomic E-state index is 0.116. The lowest BCUT2D eigenvalue weighted by atomic mass is 10.1. The second kappa shape index (κ2) is 7.63. The number of hydrogen-bond donors (Lipinski definition) is 1. The van der Waals surface area contributed by atoms with Gasteiger partial charge in [-0.15, -0.1) is 0 Å². The van der Waals surface area contributed by atoms with E-state index in [9.17, 15) is 8.42 Å². The van der Waals surface area contributed by atoms with Gasteiger partial charge in [0, 0.05) is 11.6 Å². The first-order valence-electron chi connectivity index (χ1n) is 6.84. The largest absolute Gasteiger partial charge is 0.497 e. The molecule has 0 amide bonds. The molecule has 0 aliphatic rings. The molecule has 0 spiro atoms. The number of methoxy groups -OCH3 is 1. The van der Waals surface area contributed by atoms with Crippen LogP contribution in [0.15, 0.2) is 48.5 Å². The number of sulfonamides is 1. The molecule has 118 valence electrons. The first-order chi connectivity index (χ1) is 10.5. The zero-order valence-corrected chi connectivity index (χ0v) is 13.8. The van der Waals surface area contributed by atoms with Gasteiger partial charge in [0.05, 0.1) is 12.9 Å². The molecule has 0 aliphatic carbocycles. The number of rotatable bonds is 7. The van der Waals surface area contributed by atoms with E-state index >= 15 is 0 Å². The van der Waals surface area contributed by atoms with Gasteiger partial charge in [-0.05, 0) is 35.7 Å². The molecule has 0 saturated heterocycles. The lowest BCUT2D eigenvalue weighted by Gasteiger charge is -2.08. The van der Waals surface area contributed by atoms with Crippen LogP contribution in [0.1, 0.15) is 11.1 Å². The van der Waals surface area contributed by atoms with E-state index in [1.165, 1.54) is 0 Å². The molecular formula is C16H18ClNO3S. The van der Waals surface area contributed by atoms with Crippen molar-refractivity contribution >= 4 is 21.6 Å². The Morgan fingerprint density at radius 3 is 2.41 bits per heavy atom. The molecule has 22 heavy (non-hydrogen) atoms. The lowest BCUT2D eigenvalue weighted by Crippen LogP contribution is -2.27. The van der Waals surface area contributed by atoms with Crippen LogP contribution in [0.5, 0.6) is 5.75 Å². The molecule has 0 heterocycles. The summed E-state index contributed by atoms with van der Waals surface area (Å²) in [6, 6.07) is 14.5. The van der Waals surface area contributed by atoms with Crippen molar-refractivity contribution < 1.29 is 13.2 Å². The third-order valence-electron chi connectivity index (χ3n) is 3.20. The van der Waals surface area contributed by atoms with Gasteiger partial charge in [0.15, 0.2) is 0 Å². The average Bonchev–Trinajstić information content (AvgIpc) is 2.50. The van der Waals surface area contributed by atoms with E-state index in [0.717, 1.165) is 11.3 Å². The SMILES string of the molecule is COc1ccc(CCNS(=O)(=O)Cc2ccccc2Cl)cc1. The maximum atomic E-state index is 12.1. The van der Waals surface area contributed by atoms with Crippen molar-refractivity contribution in [3.05, 3.63) is 64.7 Å². The minimum Gasteiger partial charge on any atom is -0.497 e. The molecule has 0 saturated carbocycles. The van der Waals surface area contributed by atoms with Crippen molar-refractivity contribution in [2.45, 2.75) is 12.2 Å². The Hall–Kier alpha value is -1.56. The Balaban J connectivity index is 1.88. The van der Waals surface area contributed by atoms with Gasteiger partial charge in [-0.25, -0.2) is 13.1 Å². The number of nitrogens with one attached hydrogen (secondary N) is 1. The van der Waals surface area contributed by atoms with Crippen LogP contribution in [0, 0.1) is 0 Å². The Labute approximate surface area is 136 Å². The second-order valence-electron chi connectivity index (χ2n) is 4.84. The van der Waals surface area contributed by atoms with Crippen LogP contribution in [-0.4, -0.2) is 22.1 Å². The Kier molecular flexibility index (Phi) is 5.83. The van der Waals surface area contributed by atoms with E-state index in [2.05, 4.69) is 4.72 Å². The molecule has 0 atom stereocenters. The maximum Gasteiger partial charge on any atom is 0.215 e. The standard InChI is InChI=1S/C16H18ClNO3S/c1-21-15-8-6-13(7-9-15)10-11-18-22(19,20)12-14-4-2-3-5-16(14)17/h2-9,18H,10-12H2,1H3. The van der Waals surface area contributed by atoms with Crippen LogP contribution in [0.3, 0.4) is 0 Å². The third kappa shape index (κ3) is 5.02. The van der Waals surface area contributed by atoms with Gasteiger partial charge in [0.25, 0.3) is 0 Å². The predicted molar refractivity (Wildman–Crippen MR) is 88.8 cm³/mol. The summed E-state index contributed by atoms with van der Waals surface area (Å²) in [6.07, 6.45) is 0.617. The summed E-state index contributed by atoms with van der Waals surface area (Å²) < 4.78 is 31.8. The smallest absolute Gasteiger partial charge is 0.215 e. The predicted octanol–water partition coefficient (Wildman–Crippen LogP) is 3.01. The summed E-state index contributed by atoms with van der Waals surface area (Å²) in [5, 5.41) is 0.461. The van der Waals surface area contributed by atoms with Crippen molar-refractivity contribution in [3.63, 3.8) is 0 Å². The Bertz CT molecular complexity index is 714. The molecule has 2 rings (SSSR count). The van der Waals surface area contributed by atoms with Crippen LogP contribution in [0.4, 0.5) is 0 Å². The number of hydrogen-bond acceptors (Lipinski definition) is 3. The van der Waals surface area contributed by atoms with E-state index in [1.54, 1.807) is 31.4 Å². The molecule has 0 fully saturated rings. The van der Waals surface area contributed by atoms with Gasteiger partial charge < -0.3 is 4.74 Å². The zero-order chi connectivity index (χ0) is 16.0. The minimum atomic E-state index is -3.40. The van der Waals surface area contributed by atoms with Gasteiger partial charge in [0.2, 0.25) is 10.0 Å². The number of benzene rings is 2. The Morgan fingerprint density at radius 2 is 1.77 bits per heavy atom. The number of ether oxygens (including phenoxy) is 1. The summed E-state index contributed by atoms with van der Waals surface area (Å²) >= 11 is 5.98. The van der Waals surface area contributed by atoms with E-state index in [-0.39, 0.29) is 5.75 Å². The highest BCUT2D eigenvalue weighted by molar-refractivity contribution is 7.88. The summed E-state index contributed by atoms with van der Waals surface area (Å²) in [6.45, 7) is 0.346. The van der Waals surface area contributed by atoms with Crippen LogP contribution in [0.25, 0.3) is 0 Å². The van der Waals surface area contributed by atoms with E-state index in [1.807, 2.05) is 24.3 Å². The van der Waals surface area contributed by atoms with E-state index < -0.39 is 10.0 Å². The van der Waals surface area contributed by atoms with Crippen molar-refractivity contribution in [1.29, 1.82) is 0 Å². The van der Waals surface area contributed by atoms with Crippen molar-refractivity contribution in [1.82, 2.24) is 4.72 Å². The van der Waals surface area contributed by atoms with Crippen LogP contribution >= 0.6 is 11.6 Å². The molecule has 0 aromatic heterocycles. The summed E-state index contributed by atoms with van der Waals surface area (Å²) in [5.41, 5.74) is 1.64. The zero-order valence-electron chi connectivity index (χ0n) is 12.3. The second-order valence-corrected chi connectivity index (χ2v) is 7.06. The molecule has 0 bridgehead atoms. The third-order valence-corrected chi connectivity index (χ3v) is 4.90. The van der Waals surface area contributed by atoms with Crippen LogP contribution in [0.2, 0.25) is 5.02 Å². The van der Waals surface area contributed by atoms with Crippen LogP contribution in [-0.2, 0) is 22.2 Å². The van der Waals surface area contributed by atoms with E-state index in [4.69, 9.17) is 16.3 Å². The maximum absolute atomic E-state index is 12.1. The summed E-state index contributed by atoms with van der Waals surface area (Å²) in [7, 11) is -1.79. The molecule has 0 aliphatic heterocycles. The fourth-order valence-corrected chi connectivity index (χ4v) is 3.47. The van der Waals surface area contributed by atoms with Gasteiger partial charge in [-0.2, -0.15) is 0 Å². The molecule has 1 N–H and O–H groups in total.